The van der Waals surface area contributed by atoms with Gasteiger partial charge in [-0.05, 0) is 37.8 Å². The van der Waals surface area contributed by atoms with Gasteiger partial charge in [0.1, 0.15) is 5.75 Å². The molecule has 0 atom stereocenters. The number of phenolic OH excluding ortho intramolecular Hbond substituents is 1. The molecule has 100 valence electrons. The Bertz CT molecular complexity index is 369. The monoisotopic (exact) mass is 247 g/mol. The zero-order valence-electron chi connectivity index (χ0n) is 11.4. The van der Waals surface area contributed by atoms with E-state index in [9.17, 15) is 5.11 Å². The highest BCUT2D eigenvalue weighted by Gasteiger charge is 2.13. The smallest absolute Gasteiger partial charge is 0.122 e. The Hall–Kier alpha value is -1.02. The van der Waals surface area contributed by atoms with Gasteiger partial charge in [0.25, 0.3) is 0 Å². The average Bonchev–Trinajstić information content (AvgIpc) is 2.87. The Balaban J connectivity index is 1.64. The number of aromatic hydroxyl groups is 1. The van der Waals surface area contributed by atoms with E-state index in [1.807, 2.05) is 25.1 Å². The molecule has 0 unspecified atom stereocenters. The normalized spacial score (nSPS) is 16.3. The van der Waals surface area contributed by atoms with E-state index >= 15 is 0 Å². The van der Waals surface area contributed by atoms with Crippen molar-refractivity contribution in [3.05, 3.63) is 29.3 Å². The summed E-state index contributed by atoms with van der Waals surface area (Å²) in [5.74, 6) is 1.43. The van der Waals surface area contributed by atoms with Crippen molar-refractivity contribution in [1.29, 1.82) is 0 Å². The fourth-order valence-corrected chi connectivity index (χ4v) is 2.90. The van der Waals surface area contributed by atoms with E-state index < -0.39 is 0 Å². The van der Waals surface area contributed by atoms with Crippen LogP contribution in [0.25, 0.3) is 0 Å². The number of benzene rings is 1. The van der Waals surface area contributed by atoms with Gasteiger partial charge in [-0.2, -0.15) is 0 Å². The van der Waals surface area contributed by atoms with E-state index in [2.05, 4.69) is 5.32 Å². The Kier molecular flexibility index (Phi) is 5.06. The molecule has 1 saturated carbocycles. The largest absolute Gasteiger partial charge is 0.507 e. The van der Waals surface area contributed by atoms with Crippen LogP contribution in [0.15, 0.2) is 18.2 Å². The van der Waals surface area contributed by atoms with Gasteiger partial charge in [-0.1, -0.05) is 43.9 Å². The molecular weight excluding hydrogens is 222 g/mol. The molecule has 18 heavy (non-hydrogen) atoms. The average molecular weight is 247 g/mol. The summed E-state index contributed by atoms with van der Waals surface area (Å²) in [5.41, 5.74) is 1.97. The summed E-state index contributed by atoms with van der Waals surface area (Å²) in [4.78, 5) is 0. The molecule has 0 aromatic heterocycles. The maximum absolute atomic E-state index is 9.89. The maximum Gasteiger partial charge on any atom is 0.122 e. The van der Waals surface area contributed by atoms with Crippen LogP contribution < -0.4 is 5.32 Å². The predicted molar refractivity (Wildman–Crippen MR) is 75.7 cm³/mol. The first-order valence-corrected chi connectivity index (χ1v) is 7.25. The first kappa shape index (κ1) is 13.4. The third kappa shape index (κ3) is 3.74. The summed E-state index contributed by atoms with van der Waals surface area (Å²) in [7, 11) is 0. The highest BCUT2D eigenvalue weighted by molar-refractivity contribution is 5.39. The molecule has 0 saturated heterocycles. The lowest BCUT2D eigenvalue weighted by molar-refractivity contribution is 0.452. The minimum atomic E-state index is 0.445. The number of hydrogen-bond donors (Lipinski definition) is 2. The van der Waals surface area contributed by atoms with Crippen molar-refractivity contribution in [1.82, 2.24) is 5.32 Å². The van der Waals surface area contributed by atoms with Gasteiger partial charge in [0.15, 0.2) is 0 Å². The van der Waals surface area contributed by atoms with E-state index in [1.165, 1.54) is 38.5 Å². The van der Waals surface area contributed by atoms with Gasteiger partial charge in [0.2, 0.25) is 0 Å². The van der Waals surface area contributed by atoms with Crippen LogP contribution >= 0.6 is 0 Å². The first-order valence-electron chi connectivity index (χ1n) is 7.25. The molecule has 0 heterocycles. The molecule has 1 aliphatic carbocycles. The minimum Gasteiger partial charge on any atom is -0.507 e. The van der Waals surface area contributed by atoms with Gasteiger partial charge >= 0.3 is 0 Å². The second-order valence-corrected chi connectivity index (χ2v) is 5.55. The lowest BCUT2D eigenvalue weighted by Gasteiger charge is -2.10. The Morgan fingerprint density at radius 2 is 2.06 bits per heavy atom. The molecular formula is C16H25NO. The summed E-state index contributed by atoms with van der Waals surface area (Å²) in [6, 6.07) is 5.94. The van der Waals surface area contributed by atoms with E-state index in [-0.39, 0.29) is 0 Å². The van der Waals surface area contributed by atoms with Gasteiger partial charge < -0.3 is 10.4 Å². The number of hydrogen-bond acceptors (Lipinski definition) is 2. The molecule has 2 rings (SSSR count). The zero-order chi connectivity index (χ0) is 12.8. The Labute approximate surface area is 110 Å². The molecule has 2 heteroatoms. The van der Waals surface area contributed by atoms with E-state index in [1.54, 1.807) is 0 Å². The number of para-hydroxylation sites is 1. The van der Waals surface area contributed by atoms with Crippen LogP contribution in [0.1, 0.15) is 49.7 Å². The third-order valence-electron chi connectivity index (χ3n) is 4.08. The van der Waals surface area contributed by atoms with Crippen LogP contribution in [0, 0.1) is 12.8 Å². The maximum atomic E-state index is 9.89. The van der Waals surface area contributed by atoms with Crippen molar-refractivity contribution in [3.8, 4) is 5.75 Å². The Morgan fingerprint density at radius 1 is 1.28 bits per heavy atom. The van der Waals surface area contributed by atoms with Crippen LogP contribution in [-0.4, -0.2) is 11.7 Å². The van der Waals surface area contributed by atoms with Crippen LogP contribution in [0.3, 0.4) is 0 Å². The number of aryl methyl sites for hydroxylation is 1. The molecule has 2 nitrogen and oxygen atoms in total. The standard InChI is InChI=1S/C16H25NO/c1-13-6-4-10-15(16(13)18)12-17-11-5-9-14-7-2-3-8-14/h4,6,10,14,17-18H,2-3,5,7-9,11-12H2,1H3. The number of rotatable bonds is 6. The van der Waals surface area contributed by atoms with Crippen molar-refractivity contribution < 1.29 is 5.11 Å². The van der Waals surface area contributed by atoms with E-state index in [0.29, 0.717) is 5.75 Å². The summed E-state index contributed by atoms with van der Waals surface area (Å²) in [6.07, 6.45) is 8.39. The molecule has 0 spiro atoms. The molecule has 1 fully saturated rings. The van der Waals surface area contributed by atoms with Gasteiger partial charge in [0.05, 0.1) is 0 Å². The second kappa shape index (κ2) is 6.79. The zero-order valence-corrected chi connectivity index (χ0v) is 11.4. The number of nitrogens with one attached hydrogen (secondary N) is 1. The second-order valence-electron chi connectivity index (χ2n) is 5.55. The lowest BCUT2D eigenvalue weighted by Crippen LogP contribution is -2.15. The SMILES string of the molecule is Cc1cccc(CNCCCC2CCCC2)c1O. The molecule has 0 radical (unpaired) electrons. The first-order chi connectivity index (χ1) is 8.77. The van der Waals surface area contributed by atoms with Crippen molar-refractivity contribution in [2.75, 3.05) is 6.54 Å². The summed E-state index contributed by atoms with van der Waals surface area (Å²) < 4.78 is 0. The molecule has 1 aromatic carbocycles. The fourth-order valence-electron chi connectivity index (χ4n) is 2.90. The van der Waals surface area contributed by atoms with Crippen molar-refractivity contribution in [3.63, 3.8) is 0 Å². The fraction of sp³-hybridized carbons (Fsp3) is 0.625. The van der Waals surface area contributed by atoms with Gasteiger partial charge in [0, 0.05) is 12.1 Å². The molecule has 0 bridgehead atoms. The molecule has 1 aliphatic rings. The van der Waals surface area contributed by atoms with Crippen LogP contribution in [-0.2, 0) is 6.54 Å². The van der Waals surface area contributed by atoms with E-state index in [0.717, 1.165) is 30.1 Å². The highest BCUT2D eigenvalue weighted by atomic mass is 16.3. The van der Waals surface area contributed by atoms with Gasteiger partial charge in [-0.15, -0.1) is 0 Å². The third-order valence-corrected chi connectivity index (χ3v) is 4.08. The summed E-state index contributed by atoms with van der Waals surface area (Å²) in [6.45, 7) is 3.78. The van der Waals surface area contributed by atoms with Crippen molar-refractivity contribution >= 4 is 0 Å². The minimum absolute atomic E-state index is 0.445. The number of phenols is 1. The van der Waals surface area contributed by atoms with Crippen LogP contribution in [0.4, 0.5) is 0 Å². The Morgan fingerprint density at radius 3 is 2.83 bits per heavy atom. The summed E-state index contributed by atoms with van der Waals surface area (Å²) in [5, 5.41) is 13.3. The van der Waals surface area contributed by atoms with Gasteiger partial charge in [-0.25, -0.2) is 0 Å². The molecule has 0 amide bonds. The molecule has 2 N–H and O–H groups in total. The van der Waals surface area contributed by atoms with Crippen molar-refractivity contribution in [2.24, 2.45) is 5.92 Å². The van der Waals surface area contributed by atoms with Crippen LogP contribution in [0.5, 0.6) is 5.75 Å². The van der Waals surface area contributed by atoms with Gasteiger partial charge in [-0.3, -0.25) is 0 Å². The molecule has 1 aromatic rings. The highest BCUT2D eigenvalue weighted by Crippen LogP contribution is 2.28. The van der Waals surface area contributed by atoms with E-state index in [4.69, 9.17) is 0 Å². The summed E-state index contributed by atoms with van der Waals surface area (Å²) >= 11 is 0. The topological polar surface area (TPSA) is 32.3 Å². The van der Waals surface area contributed by atoms with Crippen molar-refractivity contribution in [2.45, 2.75) is 52.0 Å². The predicted octanol–water partition coefficient (Wildman–Crippen LogP) is 3.76. The lowest BCUT2D eigenvalue weighted by atomic mass is 10.0. The quantitative estimate of drug-likeness (QED) is 0.750. The molecule has 0 aliphatic heterocycles. The van der Waals surface area contributed by atoms with Crippen LogP contribution in [0.2, 0.25) is 0 Å².